The molecule has 1 rings (SSSR count). The van der Waals surface area contributed by atoms with Crippen molar-refractivity contribution in [2.45, 2.75) is 26.9 Å². The Balaban J connectivity index is 2.76. The Morgan fingerprint density at radius 3 is 1.65 bits per heavy atom. The predicted molar refractivity (Wildman–Crippen MR) is 81.0 cm³/mol. The molecule has 94 valence electrons. The fraction of sp³-hybridized carbons (Fsp3) is 0.400. The molecule has 1 aromatic rings. The third-order valence-electron chi connectivity index (χ3n) is 2.49. The summed E-state index contributed by atoms with van der Waals surface area (Å²) in [4.78, 5) is 2.46. The lowest BCUT2D eigenvalue weighted by Gasteiger charge is -2.02. The van der Waals surface area contributed by atoms with Gasteiger partial charge >= 0.3 is 0 Å². The summed E-state index contributed by atoms with van der Waals surface area (Å²) in [6, 6.07) is 0. The van der Waals surface area contributed by atoms with Gasteiger partial charge < -0.3 is 22.1 Å². The molecule has 1 aromatic heterocycles. The molecule has 0 fully saturated rings. The average molecular weight is 288 g/mol. The lowest BCUT2D eigenvalue weighted by Crippen LogP contribution is -2.28. The van der Waals surface area contributed by atoms with Crippen LogP contribution in [0, 0.1) is 13.8 Å². The van der Waals surface area contributed by atoms with Gasteiger partial charge in [0, 0.05) is 9.75 Å². The molecule has 0 unspecified atom stereocenters. The van der Waals surface area contributed by atoms with Crippen LogP contribution in [0.5, 0.6) is 0 Å². The van der Waals surface area contributed by atoms with Crippen LogP contribution >= 0.6 is 35.8 Å². The molecule has 4 nitrogen and oxygen atoms in total. The van der Waals surface area contributed by atoms with Crippen LogP contribution in [0.3, 0.4) is 0 Å². The lowest BCUT2D eigenvalue weighted by molar-refractivity contribution is 0.925. The van der Waals surface area contributed by atoms with Gasteiger partial charge in [-0.3, -0.25) is 0 Å². The molecule has 0 spiro atoms. The molecule has 0 aromatic carbocycles. The molecule has 0 aliphatic rings. The van der Waals surface area contributed by atoms with Crippen molar-refractivity contribution in [3.8, 4) is 0 Å². The van der Waals surface area contributed by atoms with E-state index >= 15 is 0 Å². The first-order valence-electron chi connectivity index (χ1n) is 5.06. The van der Waals surface area contributed by atoms with E-state index in [0.717, 1.165) is 0 Å². The molecule has 0 aliphatic carbocycles. The van der Waals surface area contributed by atoms with Crippen LogP contribution in [0.1, 0.15) is 20.9 Å². The van der Waals surface area contributed by atoms with E-state index in [2.05, 4.69) is 24.5 Å². The largest absolute Gasteiger partial charge is 0.376 e. The highest BCUT2D eigenvalue weighted by Gasteiger charge is 2.11. The fourth-order valence-electron chi connectivity index (χ4n) is 1.39. The normalized spacial score (nSPS) is 10.0. The van der Waals surface area contributed by atoms with Crippen molar-refractivity contribution in [3.63, 3.8) is 0 Å². The number of thiocarbonyl (C=S) groups is 2. The van der Waals surface area contributed by atoms with E-state index in [-0.39, 0.29) is 0 Å². The standard InChI is InChI=1S/C10H16N4S3/c1-5-6(2)8(4-14-10(12)16)17-7(5)3-13-9(11)15/h3-4H2,1-2H3,(H3,11,13,15)(H3,12,14,16). The molecule has 0 aliphatic heterocycles. The van der Waals surface area contributed by atoms with Gasteiger partial charge in [0.2, 0.25) is 0 Å². The minimum absolute atomic E-state index is 0.318. The fourth-order valence-corrected chi connectivity index (χ4v) is 2.74. The van der Waals surface area contributed by atoms with Gasteiger partial charge in [-0.05, 0) is 49.4 Å². The SMILES string of the molecule is Cc1c(CNC(N)=S)sc(CNC(N)=S)c1C. The maximum absolute atomic E-state index is 5.41. The summed E-state index contributed by atoms with van der Waals surface area (Å²) in [6.45, 7) is 5.51. The Morgan fingerprint density at radius 2 is 1.35 bits per heavy atom. The highest BCUT2D eigenvalue weighted by molar-refractivity contribution is 7.80. The number of hydrogen-bond acceptors (Lipinski definition) is 3. The van der Waals surface area contributed by atoms with Crippen LogP contribution in [-0.2, 0) is 13.1 Å². The second-order valence-electron chi connectivity index (χ2n) is 3.63. The van der Waals surface area contributed by atoms with E-state index in [1.165, 1.54) is 20.9 Å². The quantitative estimate of drug-likeness (QED) is 0.620. The van der Waals surface area contributed by atoms with Gasteiger partial charge in [0.05, 0.1) is 13.1 Å². The van der Waals surface area contributed by atoms with Crippen LogP contribution in [-0.4, -0.2) is 10.2 Å². The summed E-state index contributed by atoms with van der Waals surface area (Å²) >= 11 is 11.3. The summed E-state index contributed by atoms with van der Waals surface area (Å²) in [5.41, 5.74) is 13.4. The molecule has 7 heteroatoms. The molecule has 1 heterocycles. The predicted octanol–water partition coefficient (Wildman–Crippen LogP) is 1.03. The van der Waals surface area contributed by atoms with Crippen LogP contribution in [0.15, 0.2) is 0 Å². The summed E-state index contributed by atoms with van der Waals surface area (Å²) in [7, 11) is 0. The van der Waals surface area contributed by atoms with E-state index in [4.69, 9.17) is 35.9 Å². The molecule has 0 saturated heterocycles. The van der Waals surface area contributed by atoms with Gasteiger partial charge in [0.15, 0.2) is 10.2 Å². The van der Waals surface area contributed by atoms with Gasteiger partial charge in [-0.15, -0.1) is 11.3 Å². The van der Waals surface area contributed by atoms with Crippen molar-refractivity contribution in [1.29, 1.82) is 0 Å². The molecular weight excluding hydrogens is 272 g/mol. The number of rotatable bonds is 4. The van der Waals surface area contributed by atoms with Crippen molar-refractivity contribution in [1.82, 2.24) is 10.6 Å². The second-order valence-corrected chi connectivity index (χ2v) is 5.70. The molecule has 0 saturated carbocycles. The minimum Gasteiger partial charge on any atom is -0.376 e. The third-order valence-corrected chi connectivity index (χ3v) is 4.17. The zero-order chi connectivity index (χ0) is 13.0. The molecule has 0 bridgehead atoms. The first-order valence-corrected chi connectivity index (χ1v) is 6.69. The minimum atomic E-state index is 0.318. The lowest BCUT2D eigenvalue weighted by atomic mass is 10.1. The topological polar surface area (TPSA) is 76.1 Å². The van der Waals surface area contributed by atoms with Crippen LogP contribution in [0.2, 0.25) is 0 Å². The molecule has 6 N–H and O–H groups in total. The van der Waals surface area contributed by atoms with Crippen molar-refractivity contribution >= 4 is 46.0 Å². The van der Waals surface area contributed by atoms with E-state index in [1.807, 2.05) is 0 Å². The summed E-state index contributed by atoms with van der Waals surface area (Å²) in [6.07, 6.45) is 0. The van der Waals surface area contributed by atoms with E-state index in [1.54, 1.807) is 11.3 Å². The molecule has 0 amide bonds. The number of thiophene rings is 1. The van der Waals surface area contributed by atoms with Gasteiger partial charge in [-0.25, -0.2) is 0 Å². The first kappa shape index (κ1) is 14.1. The first-order chi connectivity index (χ1) is 7.91. The van der Waals surface area contributed by atoms with E-state index in [0.29, 0.717) is 23.3 Å². The number of nitrogens with two attached hydrogens (primary N) is 2. The second kappa shape index (κ2) is 6.13. The van der Waals surface area contributed by atoms with Crippen molar-refractivity contribution < 1.29 is 0 Å². The van der Waals surface area contributed by atoms with Crippen LogP contribution in [0.25, 0.3) is 0 Å². The Hall–Kier alpha value is -0.920. The van der Waals surface area contributed by atoms with Crippen molar-refractivity contribution in [2.24, 2.45) is 11.5 Å². The molecule has 0 atom stereocenters. The molecule has 17 heavy (non-hydrogen) atoms. The number of hydrogen-bond donors (Lipinski definition) is 4. The average Bonchev–Trinajstić information content (AvgIpc) is 2.51. The Kier molecular flexibility index (Phi) is 5.10. The van der Waals surface area contributed by atoms with E-state index in [9.17, 15) is 0 Å². The van der Waals surface area contributed by atoms with Crippen LogP contribution < -0.4 is 22.1 Å². The van der Waals surface area contributed by atoms with Crippen molar-refractivity contribution in [3.05, 3.63) is 20.9 Å². The molecular formula is C10H16N4S3. The van der Waals surface area contributed by atoms with Gasteiger partial charge in [-0.2, -0.15) is 0 Å². The van der Waals surface area contributed by atoms with Crippen molar-refractivity contribution in [2.75, 3.05) is 0 Å². The third kappa shape index (κ3) is 4.10. The summed E-state index contributed by atoms with van der Waals surface area (Å²) < 4.78 is 0. The maximum atomic E-state index is 5.41. The van der Waals surface area contributed by atoms with Gasteiger partial charge in [-0.1, -0.05) is 0 Å². The monoisotopic (exact) mass is 288 g/mol. The summed E-state index contributed by atoms with van der Waals surface area (Å²) in [5, 5.41) is 6.55. The smallest absolute Gasteiger partial charge is 0.163 e. The number of nitrogens with one attached hydrogen (secondary N) is 2. The zero-order valence-electron chi connectivity index (χ0n) is 9.79. The highest BCUT2D eigenvalue weighted by Crippen LogP contribution is 2.27. The van der Waals surface area contributed by atoms with Gasteiger partial charge in [0.1, 0.15) is 0 Å². The summed E-state index contributed by atoms with van der Waals surface area (Å²) in [5.74, 6) is 0. The van der Waals surface area contributed by atoms with E-state index < -0.39 is 0 Å². The maximum Gasteiger partial charge on any atom is 0.163 e. The Labute approximate surface area is 116 Å². The highest BCUT2D eigenvalue weighted by atomic mass is 32.1. The Bertz CT molecular complexity index is 401. The Morgan fingerprint density at radius 1 is 1.00 bits per heavy atom. The molecule has 0 radical (unpaired) electrons. The van der Waals surface area contributed by atoms with Crippen LogP contribution in [0.4, 0.5) is 0 Å². The van der Waals surface area contributed by atoms with Gasteiger partial charge in [0.25, 0.3) is 0 Å². The zero-order valence-corrected chi connectivity index (χ0v) is 12.2.